The minimum atomic E-state index is -3.78. The number of halogens is 1. The van der Waals surface area contributed by atoms with Gasteiger partial charge in [-0.15, -0.1) is 0 Å². The van der Waals surface area contributed by atoms with E-state index in [1.54, 1.807) is 7.11 Å². The van der Waals surface area contributed by atoms with Crippen molar-refractivity contribution >= 4 is 10.0 Å². The van der Waals surface area contributed by atoms with Gasteiger partial charge in [-0.3, -0.25) is 0 Å². The van der Waals surface area contributed by atoms with Crippen LogP contribution in [0.25, 0.3) is 0 Å². The van der Waals surface area contributed by atoms with Crippen LogP contribution in [-0.4, -0.2) is 27.7 Å². The van der Waals surface area contributed by atoms with Crippen molar-refractivity contribution in [3.8, 4) is 0 Å². The Hall–Kier alpha value is -1.76. The predicted molar refractivity (Wildman–Crippen MR) is 85.2 cm³/mol. The summed E-state index contributed by atoms with van der Waals surface area (Å²) in [5.74, 6) is -0.581. The van der Waals surface area contributed by atoms with E-state index < -0.39 is 21.4 Å². The van der Waals surface area contributed by atoms with Crippen LogP contribution in [0.5, 0.6) is 0 Å². The molecule has 0 radical (unpaired) electrons. The maximum atomic E-state index is 13.2. The first-order valence-electron chi connectivity index (χ1n) is 7.31. The van der Waals surface area contributed by atoms with Gasteiger partial charge in [-0.1, -0.05) is 30.3 Å². The SMILES string of the molecule is COC1(CNS(=O)(=O)c2cccc(F)c2)Cc2ccccc2C1. The smallest absolute Gasteiger partial charge is 0.240 e. The molecule has 2 aromatic rings. The van der Waals surface area contributed by atoms with Crippen LogP contribution in [0.2, 0.25) is 0 Å². The zero-order valence-corrected chi connectivity index (χ0v) is 13.6. The molecule has 0 spiro atoms. The van der Waals surface area contributed by atoms with Gasteiger partial charge in [0, 0.05) is 26.5 Å². The number of fused-ring (bicyclic) bond motifs is 1. The molecule has 0 saturated heterocycles. The quantitative estimate of drug-likeness (QED) is 0.912. The molecule has 6 heteroatoms. The van der Waals surface area contributed by atoms with Crippen molar-refractivity contribution in [3.05, 3.63) is 65.5 Å². The van der Waals surface area contributed by atoms with Gasteiger partial charge in [0.1, 0.15) is 5.82 Å². The maximum Gasteiger partial charge on any atom is 0.240 e. The van der Waals surface area contributed by atoms with Crippen molar-refractivity contribution in [2.75, 3.05) is 13.7 Å². The Labute approximate surface area is 135 Å². The molecule has 23 heavy (non-hydrogen) atoms. The summed E-state index contributed by atoms with van der Waals surface area (Å²) < 4.78 is 46.1. The average molecular weight is 335 g/mol. The molecule has 3 rings (SSSR count). The second-order valence-corrected chi connectivity index (χ2v) is 7.56. The van der Waals surface area contributed by atoms with Crippen LogP contribution < -0.4 is 4.72 Å². The molecule has 0 amide bonds. The Morgan fingerprint density at radius 1 is 1.13 bits per heavy atom. The van der Waals surface area contributed by atoms with Crippen molar-refractivity contribution in [2.45, 2.75) is 23.3 Å². The molecule has 0 saturated carbocycles. The van der Waals surface area contributed by atoms with Crippen molar-refractivity contribution in [1.29, 1.82) is 0 Å². The van der Waals surface area contributed by atoms with E-state index in [4.69, 9.17) is 4.74 Å². The monoisotopic (exact) mass is 335 g/mol. The molecular weight excluding hydrogens is 317 g/mol. The van der Waals surface area contributed by atoms with E-state index in [9.17, 15) is 12.8 Å². The Balaban J connectivity index is 1.77. The third-order valence-electron chi connectivity index (χ3n) is 4.27. The van der Waals surface area contributed by atoms with E-state index in [-0.39, 0.29) is 11.4 Å². The summed E-state index contributed by atoms with van der Waals surface area (Å²) in [6.07, 6.45) is 1.29. The number of methoxy groups -OCH3 is 1. The van der Waals surface area contributed by atoms with Gasteiger partial charge >= 0.3 is 0 Å². The molecule has 1 aliphatic carbocycles. The number of sulfonamides is 1. The molecular formula is C17H18FNO3S. The van der Waals surface area contributed by atoms with Gasteiger partial charge in [0.25, 0.3) is 0 Å². The number of hydrogen-bond donors (Lipinski definition) is 1. The fourth-order valence-electron chi connectivity index (χ4n) is 2.94. The van der Waals surface area contributed by atoms with E-state index in [2.05, 4.69) is 4.72 Å². The van der Waals surface area contributed by atoms with Gasteiger partial charge in [-0.2, -0.15) is 0 Å². The van der Waals surface area contributed by atoms with E-state index in [0.717, 1.165) is 6.07 Å². The summed E-state index contributed by atoms with van der Waals surface area (Å²) >= 11 is 0. The second-order valence-electron chi connectivity index (χ2n) is 5.79. The topological polar surface area (TPSA) is 55.4 Å². The molecule has 1 N–H and O–H groups in total. The molecule has 4 nitrogen and oxygen atoms in total. The maximum absolute atomic E-state index is 13.2. The molecule has 0 aromatic heterocycles. The van der Waals surface area contributed by atoms with E-state index >= 15 is 0 Å². The van der Waals surface area contributed by atoms with Gasteiger partial charge in [0.05, 0.1) is 10.5 Å². The highest BCUT2D eigenvalue weighted by atomic mass is 32.2. The minimum absolute atomic E-state index is 0.0840. The summed E-state index contributed by atoms with van der Waals surface area (Å²) in [6, 6.07) is 12.9. The summed E-state index contributed by atoms with van der Waals surface area (Å²) in [5, 5.41) is 0. The summed E-state index contributed by atoms with van der Waals surface area (Å²) in [5.41, 5.74) is 1.72. The molecule has 0 bridgehead atoms. The molecule has 1 aliphatic rings. The number of hydrogen-bond acceptors (Lipinski definition) is 3. The van der Waals surface area contributed by atoms with Gasteiger partial charge in [0.15, 0.2) is 0 Å². The molecule has 122 valence electrons. The lowest BCUT2D eigenvalue weighted by atomic mass is 10.0. The zero-order chi connectivity index (χ0) is 16.5. The molecule has 0 aliphatic heterocycles. The lowest BCUT2D eigenvalue weighted by Crippen LogP contribution is -2.45. The Morgan fingerprint density at radius 2 is 1.78 bits per heavy atom. The van der Waals surface area contributed by atoms with Crippen molar-refractivity contribution < 1.29 is 17.5 Å². The molecule has 2 aromatic carbocycles. The third kappa shape index (κ3) is 3.29. The van der Waals surface area contributed by atoms with E-state index in [0.29, 0.717) is 12.8 Å². The molecule has 0 atom stereocenters. The van der Waals surface area contributed by atoms with Crippen LogP contribution in [0.3, 0.4) is 0 Å². The van der Waals surface area contributed by atoms with Crippen LogP contribution in [0.4, 0.5) is 4.39 Å². The molecule has 0 unspecified atom stereocenters. The first kappa shape index (κ1) is 16.1. The van der Waals surface area contributed by atoms with Gasteiger partial charge < -0.3 is 4.74 Å². The third-order valence-corrected chi connectivity index (χ3v) is 5.67. The number of benzene rings is 2. The summed E-state index contributed by atoms with van der Waals surface area (Å²) in [6.45, 7) is 0.136. The highest BCUT2D eigenvalue weighted by Crippen LogP contribution is 2.32. The standard InChI is InChI=1S/C17H18FNO3S/c1-22-17(10-13-5-2-3-6-14(13)11-17)12-19-23(20,21)16-8-4-7-15(18)9-16/h2-9,19H,10-12H2,1H3. The van der Waals surface area contributed by atoms with Gasteiger partial charge in [-0.05, 0) is 29.3 Å². The highest BCUT2D eigenvalue weighted by molar-refractivity contribution is 7.89. The Bertz CT molecular complexity index is 795. The number of nitrogens with one attached hydrogen (secondary N) is 1. The van der Waals surface area contributed by atoms with Crippen molar-refractivity contribution in [3.63, 3.8) is 0 Å². The summed E-state index contributed by atoms with van der Waals surface area (Å²) in [4.78, 5) is -0.0840. The van der Waals surface area contributed by atoms with Crippen molar-refractivity contribution in [2.24, 2.45) is 0 Å². The largest absolute Gasteiger partial charge is 0.376 e. The fourth-order valence-corrected chi connectivity index (χ4v) is 4.09. The second kappa shape index (κ2) is 6.03. The normalized spacial score (nSPS) is 16.3. The van der Waals surface area contributed by atoms with E-state index in [1.807, 2.05) is 24.3 Å². The number of ether oxygens (including phenoxy) is 1. The van der Waals surface area contributed by atoms with Crippen LogP contribution in [0.1, 0.15) is 11.1 Å². The lowest BCUT2D eigenvalue weighted by molar-refractivity contribution is 0.00378. The highest BCUT2D eigenvalue weighted by Gasteiger charge is 2.38. The van der Waals surface area contributed by atoms with Gasteiger partial charge in [0.2, 0.25) is 10.0 Å². The van der Waals surface area contributed by atoms with Crippen LogP contribution >= 0.6 is 0 Å². The minimum Gasteiger partial charge on any atom is -0.376 e. The van der Waals surface area contributed by atoms with Crippen molar-refractivity contribution in [1.82, 2.24) is 4.72 Å². The molecule has 0 heterocycles. The average Bonchev–Trinajstić information content (AvgIpc) is 2.92. The van der Waals surface area contributed by atoms with Crippen LogP contribution in [-0.2, 0) is 27.6 Å². The first-order chi connectivity index (χ1) is 10.9. The number of rotatable bonds is 5. The zero-order valence-electron chi connectivity index (χ0n) is 12.8. The Kier molecular flexibility index (Phi) is 4.23. The predicted octanol–water partition coefficient (Wildman–Crippen LogP) is 2.29. The van der Waals surface area contributed by atoms with Crippen LogP contribution in [0.15, 0.2) is 53.4 Å². The van der Waals surface area contributed by atoms with Gasteiger partial charge in [-0.25, -0.2) is 17.5 Å². The molecule has 0 fully saturated rings. The first-order valence-corrected chi connectivity index (χ1v) is 8.80. The Morgan fingerprint density at radius 3 is 2.35 bits per heavy atom. The summed E-state index contributed by atoms with van der Waals surface area (Å²) in [7, 11) is -2.19. The van der Waals surface area contributed by atoms with E-state index in [1.165, 1.54) is 29.3 Å². The fraction of sp³-hybridized carbons (Fsp3) is 0.294. The lowest BCUT2D eigenvalue weighted by Gasteiger charge is -2.27. The van der Waals surface area contributed by atoms with Crippen LogP contribution in [0, 0.1) is 5.82 Å².